The molecule has 0 bridgehead atoms. The Morgan fingerprint density at radius 3 is 2.47 bits per heavy atom. The number of H-pyrrole nitrogens is 1. The molecule has 4 rings (SSSR count). The Labute approximate surface area is 176 Å². The minimum absolute atomic E-state index is 0.0859. The SMILES string of the molecule is C[C@@H](C(=O)c1c[nH]c2ccccc12)[NH+]1CCN(S(=O)(=O)/C=C/c2ccccc2)CC1. The molecule has 0 saturated carbocycles. The molecule has 156 valence electrons. The molecule has 2 heterocycles. The average molecular weight is 425 g/mol. The lowest BCUT2D eigenvalue weighted by Crippen LogP contribution is -3.18. The molecule has 1 saturated heterocycles. The van der Waals surface area contributed by atoms with Gasteiger partial charge in [-0.3, -0.25) is 4.79 Å². The second kappa shape index (κ2) is 8.55. The number of benzene rings is 2. The molecular weight excluding hydrogens is 398 g/mol. The van der Waals surface area contributed by atoms with Gasteiger partial charge in [0.25, 0.3) is 0 Å². The number of hydrogen-bond donors (Lipinski definition) is 2. The minimum atomic E-state index is -3.47. The van der Waals surface area contributed by atoms with Gasteiger partial charge in [0.15, 0.2) is 0 Å². The number of aromatic amines is 1. The van der Waals surface area contributed by atoms with E-state index in [1.54, 1.807) is 12.3 Å². The van der Waals surface area contributed by atoms with Crippen molar-refractivity contribution in [1.29, 1.82) is 0 Å². The molecule has 7 heteroatoms. The van der Waals surface area contributed by atoms with Gasteiger partial charge in [0.2, 0.25) is 15.8 Å². The highest BCUT2D eigenvalue weighted by molar-refractivity contribution is 7.92. The first-order valence-electron chi connectivity index (χ1n) is 10.1. The van der Waals surface area contributed by atoms with E-state index in [0.717, 1.165) is 21.4 Å². The van der Waals surface area contributed by atoms with Gasteiger partial charge in [-0.15, -0.1) is 0 Å². The van der Waals surface area contributed by atoms with Crippen LogP contribution in [0.2, 0.25) is 0 Å². The number of para-hydroxylation sites is 1. The number of Topliss-reactive ketones (excluding diaryl/α,β-unsaturated/α-hetero) is 1. The molecule has 1 aromatic heterocycles. The van der Waals surface area contributed by atoms with Gasteiger partial charge in [0, 0.05) is 28.1 Å². The van der Waals surface area contributed by atoms with Gasteiger partial charge in [-0.2, -0.15) is 4.31 Å². The van der Waals surface area contributed by atoms with E-state index < -0.39 is 10.0 Å². The second-order valence-corrected chi connectivity index (χ2v) is 9.47. The molecule has 0 unspecified atom stereocenters. The van der Waals surface area contributed by atoms with Crippen LogP contribution in [-0.2, 0) is 10.0 Å². The van der Waals surface area contributed by atoms with E-state index in [-0.39, 0.29) is 11.8 Å². The lowest BCUT2D eigenvalue weighted by molar-refractivity contribution is -0.917. The van der Waals surface area contributed by atoms with Crippen LogP contribution in [0.5, 0.6) is 0 Å². The monoisotopic (exact) mass is 424 g/mol. The Balaban J connectivity index is 1.40. The maximum Gasteiger partial charge on any atom is 0.236 e. The van der Waals surface area contributed by atoms with Crippen LogP contribution in [0.1, 0.15) is 22.8 Å². The van der Waals surface area contributed by atoms with Gasteiger partial charge in [-0.25, -0.2) is 8.42 Å². The van der Waals surface area contributed by atoms with Crippen LogP contribution in [0, 0.1) is 0 Å². The van der Waals surface area contributed by atoms with Crippen molar-refractivity contribution in [3.63, 3.8) is 0 Å². The first-order chi connectivity index (χ1) is 14.5. The van der Waals surface area contributed by atoms with Crippen molar-refractivity contribution in [2.24, 2.45) is 0 Å². The van der Waals surface area contributed by atoms with Gasteiger partial charge >= 0.3 is 0 Å². The van der Waals surface area contributed by atoms with E-state index in [4.69, 9.17) is 0 Å². The molecule has 1 fully saturated rings. The topological polar surface area (TPSA) is 74.7 Å². The summed E-state index contributed by atoms with van der Waals surface area (Å²) in [5.74, 6) is 0.0859. The Bertz CT molecular complexity index is 1160. The normalized spacial score (nSPS) is 17.5. The number of piperazine rings is 1. The summed E-state index contributed by atoms with van der Waals surface area (Å²) >= 11 is 0. The molecule has 30 heavy (non-hydrogen) atoms. The summed E-state index contributed by atoms with van der Waals surface area (Å²) in [4.78, 5) is 17.3. The summed E-state index contributed by atoms with van der Waals surface area (Å²) in [6.45, 7) is 3.95. The Hall–Kier alpha value is -2.74. The Morgan fingerprint density at radius 2 is 1.73 bits per heavy atom. The van der Waals surface area contributed by atoms with E-state index in [2.05, 4.69) is 4.98 Å². The van der Waals surface area contributed by atoms with Crippen LogP contribution in [0.25, 0.3) is 17.0 Å². The van der Waals surface area contributed by atoms with Crippen molar-refractivity contribution in [2.75, 3.05) is 26.2 Å². The number of aromatic nitrogens is 1. The third-order valence-corrected chi connectivity index (χ3v) is 7.38. The molecular formula is C23H26N3O3S+. The largest absolute Gasteiger partial charge is 0.360 e. The van der Waals surface area contributed by atoms with Gasteiger partial charge in [0.1, 0.15) is 6.04 Å². The molecule has 2 N–H and O–H groups in total. The third-order valence-electron chi connectivity index (χ3n) is 5.82. The highest BCUT2D eigenvalue weighted by Gasteiger charge is 2.33. The first-order valence-corrected chi connectivity index (χ1v) is 11.6. The molecule has 0 aliphatic carbocycles. The summed E-state index contributed by atoms with van der Waals surface area (Å²) in [5.41, 5.74) is 2.50. The van der Waals surface area contributed by atoms with E-state index in [9.17, 15) is 13.2 Å². The molecule has 6 nitrogen and oxygen atoms in total. The average Bonchev–Trinajstić information content (AvgIpc) is 3.22. The number of nitrogens with zero attached hydrogens (tertiary/aromatic N) is 1. The summed E-state index contributed by atoms with van der Waals surface area (Å²) < 4.78 is 26.8. The van der Waals surface area contributed by atoms with Crippen molar-refractivity contribution in [3.05, 3.63) is 77.3 Å². The fourth-order valence-electron chi connectivity index (χ4n) is 3.97. The van der Waals surface area contributed by atoms with Gasteiger partial charge in [0.05, 0.1) is 26.2 Å². The van der Waals surface area contributed by atoms with Crippen LogP contribution >= 0.6 is 0 Å². The van der Waals surface area contributed by atoms with E-state index in [1.807, 2.05) is 61.5 Å². The zero-order valence-electron chi connectivity index (χ0n) is 16.9. The number of carbonyl (C=O) groups is 1. The smallest absolute Gasteiger partial charge is 0.236 e. The maximum absolute atomic E-state index is 13.1. The standard InChI is InChI=1S/C23H25N3O3S/c1-18(23(27)21-17-24-22-10-6-5-9-20(21)22)25-12-14-26(15-13-25)30(28,29)16-11-19-7-3-2-4-8-19/h2-11,16-18,24H,12-15H2,1H3/p+1/b16-11+/t18-/m0/s1. The molecule has 1 aliphatic heterocycles. The van der Waals surface area contributed by atoms with Crippen molar-refractivity contribution in [2.45, 2.75) is 13.0 Å². The van der Waals surface area contributed by atoms with Crippen LogP contribution in [0.15, 0.2) is 66.2 Å². The molecule has 1 aliphatic rings. The molecule has 0 radical (unpaired) electrons. The van der Waals surface area contributed by atoms with Gasteiger partial charge in [-0.1, -0.05) is 48.5 Å². The summed E-state index contributed by atoms with van der Waals surface area (Å²) in [6, 6.07) is 16.9. The van der Waals surface area contributed by atoms with Crippen molar-refractivity contribution >= 4 is 32.8 Å². The Morgan fingerprint density at radius 1 is 1.07 bits per heavy atom. The zero-order valence-corrected chi connectivity index (χ0v) is 17.7. The van der Waals surface area contributed by atoms with Crippen LogP contribution in [0.4, 0.5) is 0 Å². The summed E-state index contributed by atoms with van der Waals surface area (Å²) in [5, 5.41) is 2.20. The van der Waals surface area contributed by atoms with E-state index in [1.165, 1.54) is 9.71 Å². The highest BCUT2D eigenvalue weighted by Crippen LogP contribution is 2.19. The van der Waals surface area contributed by atoms with E-state index in [0.29, 0.717) is 31.7 Å². The fraction of sp³-hybridized carbons (Fsp3) is 0.261. The minimum Gasteiger partial charge on any atom is -0.360 e. The number of hydrogen-bond acceptors (Lipinski definition) is 3. The number of sulfonamides is 1. The lowest BCUT2D eigenvalue weighted by atomic mass is 10.0. The van der Waals surface area contributed by atoms with Gasteiger partial charge in [-0.05, 0) is 24.6 Å². The Kier molecular flexibility index (Phi) is 5.85. The molecule has 2 aromatic carbocycles. The predicted octanol–water partition coefficient (Wildman–Crippen LogP) is 1.94. The van der Waals surface area contributed by atoms with Crippen LogP contribution in [0.3, 0.4) is 0 Å². The maximum atomic E-state index is 13.1. The van der Waals surface area contributed by atoms with Crippen LogP contribution in [-0.4, -0.2) is 55.7 Å². The zero-order chi connectivity index (χ0) is 21.1. The quantitative estimate of drug-likeness (QED) is 0.594. The lowest BCUT2D eigenvalue weighted by Gasteiger charge is -2.33. The van der Waals surface area contributed by atoms with Crippen molar-refractivity contribution in [1.82, 2.24) is 9.29 Å². The number of rotatable bonds is 6. The molecule has 0 amide bonds. The summed E-state index contributed by atoms with van der Waals surface area (Å²) in [6.07, 6.45) is 3.40. The van der Waals surface area contributed by atoms with Crippen molar-refractivity contribution < 1.29 is 18.1 Å². The molecule has 0 spiro atoms. The highest BCUT2D eigenvalue weighted by atomic mass is 32.2. The third kappa shape index (κ3) is 4.23. The number of fused-ring (bicyclic) bond motifs is 1. The molecule has 3 aromatic rings. The first kappa shape index (κ1) is 20.5. The number of ketones is 1. The number of carbonyl (C=O) groups excluding carboxylic acids is 1. The number of nitrogens with one attached hydrogen (secondary N) is 2. The molecule has 1 atom stereocenters. The van der Waals surface area contributed by atoms with Gasteiger partial charge < -0.3 is 9.88 Å². The predicted molar refractivity (Wildman–Crippen MR) is 119 cm³/mol. The van der Waals surface area contributed by atoms with Crippen molar-refractivity contribution in [3.8, 4) is 0 Å². The van der Waals surface area contributed by atoms with Crippen LogP contribution < -0.4 is 4.90 Å². The second-order valence-electron chi connectivity index (χ2n) is 7.65. The summed E-state index contributed by atoms with van der Waals surface area (Å²) in [7, 11) is -3.47. The fourth-order valence-corrected chi connectivity index (χ4v) is 5.16. The van der Waals surface area contributed by atoms with E-state index >= 15 is 0 Å². The number of quaternary nitrogens is 1.